The van der Waals surface area contributed by atoms with E-state index in [2.05, 4.69) is 19.2 Å². The molecule has 0 atom stereocenters. The van der Waals surface area contributed by atoms with Gasteiger partial charge in [0.15, 0.2) is 0 Å². The summed E-state index contributed by atoms with van der Waals surface area (Å²) >= 11 is 0. The standard InChI is InChI=1S/C14H22N2O4/c1-11(2)9-19-7-8-20-10-12-5-4-6-13(16(17)18)14(12)15-3/h4-6,11,15H,7-10H2,1-3H3. The zero-order chi connectivity index (χ0) is 15.0. The SMILES string of the molecule is CNc1c(COCCOCC(C)C)cccc1[N+](=O)[O-]. The molecule has 0 fully saturated rings. The summed E-state index contributed by atoms with van der Waals surface area (Å²) in [5.41, 5.74) is 1.33. The van der Waals surface area contributed by atoms with Crippen LogP contribution in [0, 0.1) is 16.0 Å². The molecule has 0 spiro atoms. The maximum Gasteiger partial charge on any atom is 0.292 e. The van der Waals surface area contributed by atoms with Crippen molar-refractivity contribution in [1.29, 1.82) is 0 Å². The van der Waals surface area contributed by atoms with E-state index in [1.807, 2.05) is 6.07 Å². The van der Waals surface area contributed by atoms with Crippen LogP contribution in [0.3, 0.4) is 0 Å². The van der Waals surface area contributed by atoms with Gasteiger partial charge in [0.1, 0.15) is 5.69 Å². The lowest BCUT2D eigenvalue weighted by atomic mass is 10.1. The van der Waals surface area contributed by atoms with Crippen molar-refractivity contribution in [3.63, 3.8) is 0 Å². The summed E-state index contributed by atoms with van der Waals surface area (Å²) < 4.78 is 10.9. The fraction of sp³-hybridized carbons (Fsp3) is 0.571. The molecule has 0 saturated carbocycles. The van der Waals surface area contributed by atoms with Crippen LogP contribution < -0.4 is 5.32 Å². The molecule has 0 aliphatic carbocycles. The normalized spacial score (nSPS) is 10.8. The first-order valence-electron chi connectivity index (χ1n) is 6.65. The Morgan fingerprint density at radius 1 is 1.30 bits per heavy atom. The Kier molecular flexibility index (Phi) is 6.97. The minimum atomic E-state index is -0.402. The number of para-hydroxylation sites is 1. The minimum absolute atomic E-state index is 0.0599. The summed E-state index contributed by atoms with van der Waals surface area (Å²) in [5, 5.41) is 13.8. The summed E-state index contributed by atoms with van der Waals surface area (Å²) in [4.78, 5) is 10.5. The van der Waals surface area contributed by atoms with E-state index in [1.165, 1.54) is 6.07 Å². The number of anilines is 1. The lowest BCUT2D eigenvalue weighted by Gasteiger charge is -2.11. The van der Waals surface area contributed by atoms with Gasteiger partial charge in [-0.3, -0.25) is 10.1 Å². The van der Waals surface area contributed by atoms with Crippen molar-refractivity contribution in [2.45, 2.75) is 20.5 Å². The number of benzene rings is 1. The fourth-order valence-electron chi connectivity index (χ4n) is 1.77. The molecule has 1 N–H and O–H groups in total. The van der Waals surface area contributed by atoms with Crippen molar-refractivity contribution < 1.29 is 14.4 Å². The molecule has 6 heteroatoms. The molecule has 6 nitrogen and oxygen atoms in total. The molecule has 1 rings (SSSR count). The van der Waals surface area contributed by atoms with Gasteiger partial charge in [-0.15, -0.1) is 0 Å². The van der Waals surface area contributed by atoms with E-state index < -0.39 is 4.92 Å². The van der Waals surface area contributed by atoms with Gasteiger partial charge in [0, 0.05) is 25.3 Å². The molecule has 1 aromatic carbocycles. The lowest BCUT2D eigenvalue weighted by Crippen LogP contribution is -2.09. The molecule has 0 aliphatic rings. The van der Waals surface area contributed by atoms with Crippen molar-refractivity contribution in [2.75, 3.05) is 32.2 Å². The third kappa shape index (κ3) is 5.14. The average Bonchev–Trinajstić information content (AvgIpc) is 2.41. The Labute approximate surface area is 119 Å². The number of nitrogens with zero attached hydrogens (tertiary/aromatic N) is 1. The molecule has 0 saturated heterocycles. The average molecular weight is 282 g/mol. The van der Waals surface area contributed by atoms with E-state index in [9.17, 15) is 10.1 Å². The molecule has 1 aromatic rings. The maximum absolute atomic E-state index is 10.9. The van der Waals surface area contributed by atoms with Crippen LogP contribution in [0.4, 0.5) is 11.4 Å². The van der Waals surface area contributed by atoms with Crippen LogP contribution in [0.1, 0.15) is 19.4 Å². The Morgan fingerprint density at radius 3 is 2.60 bits per heavy atom. The van der Waals surface area contributed by atoms with Gasteiger partial charge in [0.05, 0.1) is 24.7 Å². The number of hydrogen-bond acceptors (Lipinski definition) is 5. The van der Waals surface area contributed by atoms with E-state index in [4.69, 9.17) is 9.47 Å². The van der Waals surface area contributed by atoms with Crippen LogP contribution in [-0.2, 0) is 16.1 Å². The van der Waals surface area contributed by atoms with E-state index in [0.29, 0.717) is 38.0 Å². The molecule has 112 valence electrons. The third-order valence-corrected chi connectivity index (χ3v) is 2.66. The van der Waals surface area contributed by atoms with E-state index >= 15 is 0 Å². The largest absolute Gasteiger partial charge is 0.382 e. The molecular weight excluding hydrogens is 260 g/mol. The fourth-order valence-corrected chi connectivity index (χ4v) is 1.77. The van der Waals surface area contributed by atoms with E-state index in [1.54, 1.807) is 13.1 Å². The Bertz CT molecular complexity index is 435. The second-order valence-electron chi connectivity index (χ2n) is 4.84. The molecule has 0 unspecified atom stereocenters. The second kappa shape index (κ2) is 8.50. The molecule has 0 heterocycles. The van der Waals surface area contributed by atoms with Gasteiger partial charge in [0.25, 0.3) is 5.69 Å². The highest BCUT2D eigenvalue weighted by Gasteiger charge is 2.15. The molecule has 0 bridgehead atoms. The van der Waals surface area contributed by atoms with Gasteiger partial charge in [-0.05, 0) is 5.92 Å². The smallest absolute Gasteiger partial charge is 0.292 e. The summed E-state index contributed by atoms with van der Waals surface area (Å²) in [6.07, 6.45) is 0. The van der Waals surface area contributed by atoms with Crippen LogP contribution in [0.5, 0.6) is 0 Å². The van der Waals surface area contributed by atoms with Crippen molar-refractivity contribution >= 4 is 11.4 Å². The Hall–Kier alpha value is -1.66. The quantitative estimate of drug-likeness (QED) is 0.428. The van der Waals surface area contributed by atoms with Gasteiger partial charge < -0.3 is 14.8 Å². The topological polar surface area (TPSA) is 73.6 Å². The van der Waals surface area contributed by atoms with Gasteiger partial charge in [-0.25, -0.2) is 0 Å². The predicted octanol–water partition coefficient (Wildman–Crippen LogP) is 2.83. The molecule has 20 heavy (non-hydrogen) atoms. The van der Waals surface area contributed by atoms with Crippen LogP contribution in [0.25, 0.3) is 0 Å². The monoisotopic (exact) mass is 282 g/mol. The van der Waals surface area contributed by atoms with E-state index in [-0.39, 0.29) is 5.69 Å². The number of nitrogens with one attached hydrogen (secondary N) is 1. The zero-order valence-corrected chi connectivity index (χ0v) is 12.2. The number of nitro groups is 1. The van der Waals surface area contributed by atoms with Crippen molar-refractivity contribution in [2.24, 2.45) is 5.92 Å². The molecule has 0 radical (unpaired) electrons. The summed E-state index contributed by atoms with van der Waals surface area (Å²) in [7, 11) is 1.66. The van der Waals surface area contributed by atoms with Crippen LogP contribution in [0.2, 0.25) is 0 Å². The van der Waals surface area contributed by atoms with Crippen LogP contribution in [0.15, 0.2) is 18.2 Å². The summed E-state index contributed by atoms with van der Waals surface area (Å²) in [6, 6.07) is 4.95. The third-order valence-electron chi connectivity index (χ3n) is 2.66. The van der Waals surface area contributed by atoms with Gasteiger partial charge in [-0.1, -0.05) is 26.0 Å². The number of nitro benzene ring substituents is 1. The molecule has 0 aromatic heterocycles. The summed E-state index contributed by atoms with van der Waals surface area (Å²) in [5.74, 6) is 0.502. The van der Waals surface area contributed by atoms with Crippen LogP contribution >= 0.6 is 0 Å². The van der Waals surface area contributed by atoms with Crippen molar-refractivity contribution in [3.05, 3.63) is 33.9 Å². The first kappa shape index (κ1) is 16.4. The Morgan fingerprint density at radius 2 is 2.00 bits per heavy atom. The van der Waals surface area contributed by atoms with Gasteiger partial charge in [0.2, 0.25) is 0 Å². The van der Waals surface area contributed by atoms with E-state index in [0.717, 1.165) is 5.56 Å². The van der Waals surface area contributed by atoms with Gasteiger partial charge in [-0.2, -0.15) is 0 Å². The first-order chi connectivity index (χ1) is 9.56. The highest BCUT2D eigenvalue weighted by atomic mass is 16.6. The number of hydrogen-bond donors (Lipinski definition) is 1. The highest BCUT2D eigenvalue weighted by Crippen LogP contribution is 2.28. The number of rotatable bonds is 9. The van der Waals surface area contributed by atoms with Crippen molar-refractivity contribution in [1.82, 2.24) is 0 Å². The van der Waals surface area contributed by atoms with Crippen LogP contribution in [-0.4, -0.2) is 31.8 Å². The molecule has 0 amide bonds. The second-order valence-corrected chi connectivity index (χ2v) is 4.84. The first-order valence-corrected chi connectivity index (χ1v) is 6.65. The zero-order valence-electron chi connectivity index (χ0n) is 12.2. The minimum Gasteiger partial charge on any atom is -0.382 e. The molecule has 0 aliphatic heterocycles. The van der Waals surface area contributed by atoms with Crippen molar-refractivity contribution in [3.8, 4) is 0 Å². The lowest BCUT2D eigenvalue weighted by molar-refractivity contribution is -0.384. The molecular formula is C14H22N2O4. The summed E-state index contributed by atoms with van der Waals surface area (Å²) in [6.45, 7) is 6.21. The maximum atomic E-state index is 10.9. The predicted molar refractivity (Wildman–Crippen MR) is 78.0 cm³/mol. The Balaban J connectivity index is 2.48. The number of ether oxygens (including phenoxy) is 2. The highest BCUT2D eigenvalue weighted by molar-refractivity contribution is 5.65. The van der Waals surface area contributed by atoms with Gasteiger partial charge >= 0.3 is 0 Å².